The first-order chi connectivity index (χ1) is 8.35. The summed E-state index contributed by atoms with van der Waals surface area (Å²) in [6, 6.07) is 1.01. The molecule has 2 N–H and O–H groups in total. The molecule has 1 fully saturated rings. The van der Waals surface area contributed by atoms with Gasteiger partial charge < -0.3 is 10.6 Å². The van der Waals surface area contributed by atoms with Crippen molar-refractivity contribution >= 4 is 5.91 Å². The maximum atomic E-state index is 12.0. The summed E-state index contributed by atoms with van der Waals surface area (Å²) in [5.41, 5.74) is -0.142. The van der Waals surface area contributed by atoms with Gasteiger partial charge in [0.1, 0.15) is 0 Å². The Labute approximate surface area is 111 Å². The van der Waals surface area contributed by atoms with E-state index in [0.29, 0.717) is 18.6 Å². The number of rotatable bonds is 4. The highest BCUT2D eigenvalue weighted by molar-refractivity contribution is 5.78. The number of amides is 1. The van der Waals surface area contributed by atoms with Gasteiger partial charge in [-0.25, -0.2) is 0 Å². The van der Waals surface area contributed by atoms with Crippen molar-refractivity contribution in [2.75, 3.05) is 19.6 Å². The van der Waals surface area contributed by atoms with E-state index >= 15 is 0 Å². The summed E-state index contributed by atoms with van der Waals surface area (Å²) in [5, 5.41) is 6.59. The van der Waals surface area contributed by atoms with Crippen molar-refractivity contribution < 1.29 is 4.79 Å². The zero-order valence-electron chi connectivity index (χ0n) is 12.5. The smallest absolute Gasteiger partial charge is 0.234 e. The molecule has 4 nitrogen and oxygen atoms in total. The molecule has 1 aliphatic heterocycles. The van der Waals surface area contributed by atoms with Crippen LogP contribution in [0, 0.1) is 0 Å². The Morgan fingerprint density at radius 3 is 2.50 bits per heavy atom. The number of carbonyl (C=O) groups excluding carboxylic acids is 1. The molecule has 4 heteroatoms. The second-order valence-electron chi connectivity index (χ2n) is 6.30. The Morgan fingerprint density at radius 2 is 2.00 bits per heavy atom. The molecule has 2 atom stereocenters. The summed E-state index contributed by atoms with van der Waals surface area (Å²) < 4.78 is 0. The third kappa shape index (κ3) is 4.94. The first-order valence-electron chi connectivity index (χ1n) is 7.14. The third-order valence-corrected chi connectivity index (χ3v) is 3.44. The average Bonchev–Trinajstić information content (AvgIpc) is 2.26. The predicted molar refractivity (Wildman–Crippen MR) is 75.6 cm³/mol. The lowest BCUT2D eigenvalue weighted by atomic mass is 10.0. The number of hydrogen-bond acceptors (Lipinski definition) is 3. The van der Waals surface area contributed by atoms with Crippen LogP contribution in [0.5, 0.6) is 0 Å². The summed E-state index contributed by atoms with van der Waals surface area (Å²) >= 11 is 0. The highest BCUT2D eigenvalue weighted by Gasteiger charge is 2.27. The van der Waals surface area contributed by atoms with E-state index in [1.54, 1.807) is 0 Å². The fourth-order valence-corrected chi connectivity index (χ4v) is 2.44. The van der Waals surface area contributed by atoms with E-state index in [-0.39, 0.29) is 11.4 Å². The summed E-state index contributed by atoms with van der Waals surface area (Å²) in [5.74, 6) is 0.137. The summed E-state index contributed by atoms with van der Waals surface area (Å²) in [4.78, 5) is 14.3. The van der Waals surface area contributed by atoms with Crippen molar-refractivity contribution in [3.05, 3.63) is 0 Å². The van der Waals surface area contributed by atoms with Crippen molar-refractivity contribution in [3.63, 3.8) is 0 Å². The van der Waals surface area contributed by atoms with Crippen LogP contribution in [-0.2, 0) is 4.79 Å². The van der Waals surface area contributed by atoms with Gasteiger partial charge in [-0.3, -0.25) is 9.69 Å². The maximum Gasteiger partial charge on any atom is 0.234 e. The molecule has 0 aromatic heterocycles. The highest BCUT2D eigenvalue weighted by atomic mass is 16.2. The van der Waals surface area contributed by atoms with Crippen LogP contribution in [-0.4, -0.2) is 48.1 Å². The first-order valence-corrected chi connectivity index (χ1v) is 7.14. The van der Waals surface area contributed by atoms with E-state index in [1.165, 1.54) is 0 Å². The Hall–Kier alpha value is -0.610. The lowest BCUT2D eigenvalue weighted by molar-refractivity contribution is -0.124. The summed E-state index contributed by atoms with van der Waals surface area (Å²) in [6.45, 7) is 12.9. The van der Waals surface area contributed by atoms with Gasteiger partial charge in [0, 0.05) is 30.7 Å². The molecule has 2 unspecified atom stereocenters. The number of carbonyl (C=O) groups is 1. The van der Waals surface area contributed by atoms with Crippen LogP contribution in [0.1, 0.15) is 47.5 Å². The zero-order valence-corrected chi connectivity index (χ0v) is 12.5. The molecule has 1 saturated heterocycles. The van der Waals surface area contributed by atoms with Gasteiger partial charge >= 0.3 is 0 Å². The molecule has 18 heavy (non-hydrogen) atoms. The number of hydrogen-bond donors (Lipinski definition) is 2. The van der Waals surface area contributed by atoms with Gasteiger partial charge in [0.2, 0.25) is 5.91 Å². The van der Waals surface area contributed by atoms with Gasteiger partial charge in [-0.15, -0.1) is 0 Å². The largest absolute Gasteiger partial charge is 0.350 e. The SMILES string of the molecule is CCC1CN(CC(=O)NC(C)(C)C)C(CC)CN1. The Balaban J connectivity index is 2.53. The Kier molecular flexibility index (Phi) is 5.60. The fourth-order valence-electron chi connectivity index (χ4n) is 2.44. The Morgan fingerprint density at radius 1 is 1.33 bits per heavy atom. The maximum absolute atomic E-state index is 12.0. The highest BCUT2D eigenvalue weighted by Crippen LogP contribution is 2.12. The molecule has 0 bridgehead atoms. The van der Waals surface area contributed by atoms with E-state index in [9.17, 15) is 4.79 Å². The molecule has 106 valence electrons. The quantitative estimate of drug-likeness (QED) is 0.797. The lowest BCUT2D eigenvalue weighted by Gasteiger charge is -2.39. The summed E-state index contributed by atoms with van der Waals surface area (Å²) in [6.07, 6.45) is 2.21. The van der Waals surface area contributed by atoms with Crippen LogP contribution in [0.2, 0.25) is 0 Å². The molecule has 0 radical (unpaired) electrons. The molecule has 0 spiro atoms. The van der Waals surface area contributed by atoms with Crippen LogP contribution < -0.4 is 10.6 Å². The van der Waals surface area contributed by atoms with Crippen LogP contribution in [0.4, 0.5) is 0 Å². The van der Waals surface area contributed by atoms with Gasteiger partial charge in [-0.2, -0.15) is 0 Å². The molecular weight excluding hydrogens is 226 g/mol. The number of nitrogens with one attached hydrogen (secondary N) is 2. The fraction of sp³-hybridized carbons (Fsp3) is 0.929. The van der Waals surface area contributed by atoms with Gasteiger partial charge in [-0.1, -0.05) is 13.8 Å². The van der Waals surface area contributed by atoms with Gasteiger partial charge in [0.25, 0.3) is 0 Å². The standard InChI is InChI=1S/C14H29N3O/c1-6-11-9-17(12(7-2)8-15-11)10-13(18)16-14(3,4)5/h11-12,15H,6-10H2,1-5H3,(H,16,18). The molecule has 1 heterocycles. The van der Waals surface area contributed by atoms with Crippen molar-refractivity contribution in [2.24, 2.45) is 0 Å². The van der Waals surface area contributed by atoms with Crippen LogP contribution in [0.3, 0.4) is 0 Å². The van der Waals surface area contributed by atoms with Gasteiger partial charge in [0.05, 0.1) is 6.54 Å². The zero-order chi connectivity index (χ0) is 13.8. The minimum Gasteiger partial charge on any atom is -0.350 e. The van der Waals surface area contributed by atoms with E-state index in [0.717, 1.165) is 25.9 Å². The molecule has 1 rings (SSSR count). The lowest BCUT2D eigenvalue weighted by Crippen LogP contribution is -2.58. The number of piperazine rings is 1. The molecular formula is C14H29N3O. The topological polar surface area (TPSA) is 44.4 Å². The molecule has 1 amide bonds. The Bertz CT molecular complexity index is 273. The van der Waals surface area contributed by atoms with Crippen molar-refractivity contribution in [1.82, 2.24) is 15.5 Å². The van der Waals surface area contributed by atoms with E-state index < -0.39 is 0 Å². The predicted octanol–water partition coefficient (Wildman–Crippen LogP) is 1.36. The van der Waals surface area contributed by atoms with Crippen LogP contribution in [0.25, 0.3) is 0 Å². The van der Waals surface area contributed by atoms with E-state index in [2.05, 4.69) is 29.4 Å². The second kappa shape index (κ2) is 6.53. The van der Waals surface area contributed by atoms with Gasteiger partial charge in [-0.05, 0) is 33.6 Å². The summed E-state index contributed by atoms with van der Waals surface area (Å²) in [7, 11) is 0. The molecule has 0 aromatic carbocycles. The third-order valence-electron chi connectivity index (χ3n) is 3.44. The van der Waals surface area contributed by atoms with Crippen LogP contribution in [0.15, 0.2) is 0 Å². The average molecular weight is 255 g/mol. The molecule has 0 saturated carbocycles. The number of nitrogens with zero attached hydrogens (tertiary/aromatic N) is 1. The van der Waals surface area contributed by atoms with Crippen molar-refractivity contribution in [1.29, 1.82) is 0 Å². The molecule has 0 aromatic rings. The second-order valence-corrected chi connectivity index (χ2v) is 6.30. The normalized spacial score (nSPS) is 26.1. The molecule has 1 aliphatic rings. The monoisotopic (exact) mass is 255 g/mol. The first kappa shape index (κ1) is 15.4. The van der Waals surface area contributed by atoms with Gasteiger partial charge in [0.15, 0.2) is 0 Å². The van der Waals surface area contributed by atoms with Crippen LogP contribution >= 0.6 is 0 Å². The van der Waals surface area contributed by atoms with Crippen molar-refractivity contribution in [3.8, 4) is 0 Å². The van der Waals surface area contributed by atoms with E-state index in [4.69, 9.17) is 0 Å². The minimum atomic E-state index is -0.142. The molecule has 0 aliphatic carbocycles. The van der Waals surface area contributed by atoms with E-state index in [1.807, 2.05) is 20.8 Å². The van der Waals surface area contributed by atoms with Crippen molar-refractivity contribution in [2.45, 2.75) is 65.1 Å². The minimum absolute atomic E-state index is 0.137.